The average Bonchev–Trinajstić information content (AvgIpc) is 2.16. The summed E-state index contributed by atoms with van der Waals surface area (Å²) >= 11 is 0. The molecule has 15 heavy (non-hydrogen) atoms. The fraction of sp³-hybridized carbons (Fsp3) is 1.00. The van der Waals surface area contributed by atoms with Gasteiger partial charge in [-0.05, 0) is 24.7 Å². The molecular weight excluding hydrogens is 201 g/mol. The zero-order valence-electron chi connectivity index (χ0n) is 9.45. The van der Waals surface area contributed by atoms with Gasteiger partial charge in [0.05, 0.1) is 0 Å². The zero-order valence-corrected chi connectivity index (χ0v) is 9.45. The van der Waals surface area contributed by atoms with Crippen molar-refractivity contribution in [2.75, 3.05) is 0 Å². The maximum atomic E-state index is 12.0. The molecule has 1 aliphatic carbocycles. The van der Waals surface area contributed by atoms with Crippen LogP contribution in [-0.2, 0) is 0 Å². The third-order valence-corrected chi connectivity index (χ3v) is 3.54. The third-order valence-electron chi connectivity index (χ3n) is 3.54. The highest BCUT2D eigenvalue weighted by molar-refractivity contribution is 4.72. The van der Waals surface area contributed by atoms with E-state index in [0.29, 0.717) is 12.3 Å². The number of hydrogen-bond donors (Lipinski definition) is 0. The summed E-state index contributed by atoms with van der Waals surface area (Å²) in [6, 6.07) is 0. The first-order chi connectivity index (χ1) is 7.01. The van der Waals surface area contributed by atoms with E-state index in [1.165, 1.54) is 19.3 Å². The van der Waals surface area contributed by atoms with Gasteiger partial charge >= 0.3 is 6.18 Å². The van der Waals surface area contributed by atoms with Gasteiger partial charge < -0.3 is 0 Å². The average molecular weight is 222 g/mol. The molecule has 0 amide bonds. The van der Waals surface area contributed by atoms with E-state index in [0.717, 1.165) is 25.2 Å². The summed E-state index contributed by atoms with van der Waals surface area (Å²) in [5, 5.41) is 0. The molecule has 0 bridgehead atoms. The monoisotopic (exact) mass is 222 g/mol. The Morgan fingerprint density at radius 3 is 2.40 bits per heavy atom. The lowest BCUT2D eigenvalue weighted by Gasteiger charge is -2.28. The normalized spacial score (nSPS) is 28.0. The molecule has 2 unspecified atom stereocenters. The van der Waals surface area contributed by atoms with Crippen LogP contribution in [0, 0.1) is 11.8 Å². The van der Waals surface area contributed by atoms with Crippen molar-refractivity contribution in [3.05, 3.63) is 0 Å². The van der Waals surface area contributed by atoms with Gasteiger partial charge in [-0.25, -0.2) is 0 Å². The van der Waals surface area contributed by atoms with E-state index in [1.807, 2.05) is 0 Å². The molecule has 0 aliphatic heterocycles. The van der Waals surface area contributed by atoms with E-state index in [4.69, 9.17) is 0 Å². The Labute approximate surface area is 90.2 Å². The fourth-order valence-electron chi connectivity index (χ4n) is 2.63. The van der Waals surface area contributed by atoms with Crippen molar-refractivity contribution in [3.63, 3.8) is 0 Å². The van der Waals surface area contributed by atoms with Crippen LogP contribution < -0.4 is 0 Å². The minimum atomic E-state index is -3.96. The molecule has 0 nitrogen and oxygen atoms in total. The van der Waals surface area contributed by atoms with Crippen LogP contribution in [0.1, 0.15) is 58.3 Å². The van der Waals surface area contributed by atoms with Crippen molar-refractivity contribution in [2.45, 2.75) is 64.5 Å². The van der Waals surface area contributed by atoms with Crippen molar-refractivity contribution < 1.29 is 13.2 Å². The second-order valence-electron chi connectivity index (χ2n) is 4.81. The number of halogens is 3. The number of alkyl halides is 3. The molecule has 1 saturated carbocycles. The van der Waals surface area contributed by atoms with E-state index >= 15 is 0 Å². The topological polar surface area (TPSA) is 0 Å². The predicted octanol–water partition coefficient (Wildman–Crippen LogP) is 4.94. The van der Waals surface area contributed by atoms with E-state index in [2.05, 4.69) is 6.92 Å². The lowest BCUT2D eigenvalue weighted by Crippen LogP contribution is -2.16. The van der Waals surface area contributed by atoms with Gasteiger partial charge in [-0.1, -0.05) is 39.0 Å². The summed E-state index contributed by atoms with van der Waals surface area (Å²) in [5.74, 6) is 1.33. The summed E-state index contributed by atoms with van der Waals surface area (Å²) in [4.78, 5) is 0. The summed E-state index contributed by atoms with van der Waals surface area (Å²) in [7, 11) is 0. The van der Waals surface area contributed by atoms with Crippen LogP contribution in [0.2, 0.25) is 0 Å². The standard InChI is InChI=1S/C12H21F3/c1-2-10-5-3-6-11(9-10)7-4-8-12(13,14)15/h10-11H,2-9H2,1H3. The molecule has 1 rings (SSSR count). The van der Waals surface area contributed by atoms with E-state index in [1.54, 1.807) is 0 Å². The Kier molecular flexibility index (Phi) is 4.94. The van der Waals surface area contributed by atoms with E-state index in [-0.39, 0.29) is 0 Å². The van der Waals surface area contributed by atoms with Gasteiger partial charge in [-0.2, -0.15) is 13.2 Å². The van der Waals surface area contributed by atoms with Gasteiger partial charge in [0.25, 0.3) is 0 Å². The fourth-order valence-corrected chi connectivity index (χ4v) is 2.63. The second kappa shape index (κ2) is 5.76. The van der Waals surface area contributed by atoms with Crippen molar-refractivity contribution in [1.29, 1.82) is 0 Å². The summed E-state index contributed by atoms with van der Waals surface area (Å²) in [6.45, 7) is 2.18. The second-order valence-corrected chi connectivity index (χ2v) is 4.81. The largest absolute Gasteiger partial charge is 0.389 e. The van der Waals surface area contributed by atoms with Crippen LogP contribution in [0.4, 0.5) is 13.2 Å². The lowest BCUT2D eigenvalue weighted by molar-refractivity contribution is -0.136. The number of hydrogen-bond acceptors (Lipinski definition) is 0. The van der Waals surface area contributed by atoms with Crippen molar-refractivity contribution in [1.82, 2.24) is 0 Å². The summed E-state index contributed by atoms with van der Waals surface area (Å²) < 4.78 is 35.9. The Morgan fingerprint density at radius 2 is 1.80 bits per heavy atom. The third kappa shape index (κ3) is 5.43. The Bertz CT molecular complexity index is 174. The minimum Gasteiger partial charge on any atom is -0.171 e. The van der Waals surface area contributed by atoms with Crippen LogP contribution in [0.5, 0.6) is 0 Å². The molecule has 0 aromatic carbocycles. The van der Waals surface area contributed by atoms with Gasteiger partial charge in [0.15, 0.2) is 0 Å². The first-order valence-corrected chi connectivity index (χ1v) is 6.08. The molecule has 0 radical (unpaired) electrons. The van der Waals surface area contributed by atoms with Crippen LogP contribution >= 0.6 is 0 Å². The first-order valence-electron chi connectivity index (χ1n) is 6.08. The SMILES string of the molecule is CCC1CCCC(CCCC(F)(F)F)C1. The van der Waals surface area contributed by atoms with Gasteiger partial charge in [0.2, 0.25) is 0 Å². The molecular formula is C12H21F3. The maximum Gasteiger partial charge on any atom is 0.389 e. The molecule has 90 valence electrons. The van der Waals surface area contributed by atoms with Gasteiger partial charge in [0.1, 0.15) is 0 Å². The molecule has 1 aliphatic rings. The highest BCUT2D eigenvalue weighted by Crippen LogP contribution is 2.34. The van der Waals surface area contributed by atoms with Crippen LogP contribution in [0.15, 0.2) is 0 Å². The predicted molar refractivity (Wildman–Crippen MR) is 55.6 cm³/mol. The van der Waals surface area contributed by atoms with Gasteiger partial charge in [-0.3, -0.25) is 0 Å². The van der Waals surface area contributed by atoms with Gasteiger partial charge in [-0.15, -0.1) is 0 Å². The highest BCUT2D eigenvalue weighted by atomic mass is 19.4. The lowest BCUT2D eigenvalue weighted by atomic mass is 9.78. The Balaban J connectivity index is 2.15. The quantitative estimate of drug-likeness (QED) is 0.632. The molecule has 0 spiro atoms. The van der Waals surface area contributed by atoms with Crippen molar-refractivity contribution >= 4 is 0 Å². The van der Waals surface area contributed by atoms with Crippen molar-refractivity contribution in [3.8, 4) is 0 Å². The van der Waals surface area contributed by atoms with Gasteiger partial charge in [0, 0.05) is 6.42 Å². The number of rotatable bonds is 4. The molecule has 0 aromatic rings. The first kappa shape index (κ1) is 12.9. The summed E-state index contributed by atoms with van der Waals surface area (Å²) in [6.07, 6.45) is 2.54. The molecule has 0 heterocycles. The smallest absolute Gasteiger partial charge is 0.171 e. The maximum absolute atomic E-state index is 12.0. The summed E-state index contributed by atoms with van der Waals surface area (Å²) in [5.41, 5.74) is 0. The molecule has 0 aromatic heterocycles. The van der Waals surface area contributed by atoms with Crippen LogP contribution in [0.25, 0.3) is 0 Å². The molecule has 1 fully saturated rings. The molecule has 0 N–H and O–H groups in total. The molecule has 2 atom stereocenters. The zero-order chi connectivity index (χ0) is 11.3. The van der Waals surface area contributed by atoms with E-state index in [9.17, 15) is 13.2 Å². The van der Waals surface area contributed by atoms with Crippen LogP contribution in [0.3, 0.4) is 0 Å². The Morgan fingerprint density at radius 1 is 1.13 bits per heavy atom. The minimum absolute atomic E-state index is 0.324. The molecule has 3 heteroatoms. The van der Waals surface area contributed by atoms with Crippen molar-refractivity contribution in [2.24, 2.45) is 11.8 Å². The highest BCUT2D eigenvalue weighted by Gasteiger charge is 2.27. The van der Waals surface area contributed by atoms with Crippen LogP contribution in [-0.4, -0.2) is 6.18 Å². The van der Waals surface area contributed by atoms with E-state index < -0.39 is 12.6 Å². The molecule has 0 saturated heterocycles. The Hall–Kier alpha value is -0.210.